The van der Waals surface area contributed by atoms with E-state index < -0.39 is 5.97 Å². The van der Waals surface area contributed by atoms with Crippen LogP contribution in [0.3, 0.4) is 0 Å². The highest BCUT2D eigenvalue weighted by Gasteiger charge is 2.07. The highest BCUT2D eigenvalue weighted by Crippen LogP contribution is 2.18. The Balaban J connectivity index is 2.01. The van der Waals surface area contributed by atoms with Gasteiger partial charge in [-0.05, 0) is 23.8 Å². The first kappa shape index (κ1) is 12.2. The molecule has 4 nitrogen and oxygen atoms in total. The molecule has 0 bridgehead atoms. The van der Waals surface area contributed by atoms with Gasteiger partial charge >= 0.3 is 5.97 Å². The molecule has 1 heterocycles. The van der Waals surface area contributed by atoms with Gasteiger partial charge in [0.15, 0.2) is 0 Å². The summed E-state index contributed by atoms with van der Waals surface area (Å²) in [5.41, 5.74) is 2.69. The van der Waals surface area contributed by atoms with Crippen LogP contribution in [-0.2, 0) is 0 Å². The summed E-state index contributed by atoms with van der Waals surface area (Å²) in [5, 5.41) is 17.3. The van der Waals surface area contributed by atoms with Gasteiger partial charge in [-0.1, -0.05) is 42.5 Å². The van der Waals surface area contributed by atoms with E-state index in [1.807, 2.05) is 36.4 Å². The minimum absolute atomic E-state index is 0.281. The van der Waals surface area contributed by atoms with E-state index in [1.165, 1.54) is 0 Å². The summed E-state index contributed by atoms with van der Waals surface area (Å²) < 4.78 is 0. The number of para-hydroxylation sites is 1. The van der Waals surface area contributed by atoms with E-state index in [0.29, 0.717) is 5.56 Å². The van der Waals surface area contributed by atoms with E-state index in [2.05, 4.69) is 10.2 Å². The van der Waals surface area contributed by atoms with Crippen LogP contribution in [0.1, 0.15) is 21.6 Å². The van der Waals surface area contributed by atoms with Gasteiger partial charge in [-0.25, -0.2) is 4.79 Å². The molecule has 1 aromatic heterocycles. The first-order chi connectivity index (χ1) is 9.75. The lowest BCUT2D eigenvalue weighted by Gasteiger charge is -1.99. The van der Waals surface area contributed by atoms with Crippen molar-refractivity contribution in [3.05, 3.63) is 65.4 Å². The van der Waals surface area contributed by atoms with E-state index in [-0.39, 0.29) is 5.56 Å². The fourth-order valence-corrected chi connectivity index (χ4v) is 2.12. The van der Waals surface area contributed by atoms with Gasteiger partial charge in [0.1, 0.15) is 0 Å². The quantitative estimate of drug-likeness (QED) is 0.761. The van der Waals surface area contributed by atoms with Crippen molar-refractivity contribution < 1.29 is 9.90 Å². The number of carboxylic acids is 1. The predicted octanol–water partition coefficient (Wildman–Crippen LogP) is 3.43. The first-order valence-electron chi connectivity index (χ1n) is 6.19. The number of benzene rings is 2. The predicted molar refractivity (Wildman–Crippen MR) is 78.4 cm³/mol. The van der Waals surface area contributed by atoms with Crippen molar-refractivity contribution in [2.45, 2.75) is 0 Å². The van der Waals surface area contributed by atoms with E-state index in [4.69, 9.17) is 5.11 Å². The molecule has 2 aromatic carbocycles. The van der Waals surface area contributed by atoms with E-state index in [9.17, 15) is 4.79 Å². The average Bonchev–Trinajstić information content (AvgIpc) is 2.88. The molecule has 0 saturated carbocycles. The number of nitrogens with one attached hydrogen (secondary N) is 1. The summed E-state index contributed by atoms with van der Waals surface area (Å²) in [5.74, 6) is -0.933. The maximum absolute atomic E-state index is 11.1. The Morgan fingerprint density at radius 2 is 1.80 bits per heavy atom. The molecular formula is C16H12N2O2. The fraction of sp³-hybridized carbons (Fsp3) is 0. The maximum atomic E-state index is 11.1. The molecule has 0 atom stereocenters. The number of hydrogen-bond donors (Lipinski definition) is 2. The molecule has 3 rings (SSSR count). The van der Waals surface area contributed by atoms with Gasteiger partial charge in [0.2, 0.25) is 0 Å². The summed E-state index contributed by atoms with van der Waals surface area (Å²) >= 11 is 0. The molecule has 4 heteroatoms. The lowest BCUT2D eigenvalue weighted by atomic mass is 10.1. The standard InChI is InChI=1S/C16H12N2O2/c19-16(20)12-6-2-1-5-11(12)9-10-15-13-7-3-4-8-14(13)17-18-15/h1-10H,(H,17,18)(H,19,20). The number of aromatic carboxylic acids is 1. The Morgan fingerprint density at radius 3 is 2.65 bits per heavy atom. The second kappa shape index (κ2) is 5.01. The van der Waals surface area contributed by atoms with Crippen LogP contribution < -0.4 is 0 Å². The molecule has 0 unspecified atom stereocenters. The number of rotatable bonds is 3. The minimum Gasteiger partial charge on any atom is -0.478 e. The third-order valence-corrected chi connectivity index (χ3v) is 3.11. The Bertz CT molecular complexity index is 803. The monoisotopic (exact) mass is 264 g/mol. The van der Waals surface area contributed by atoms with Crippen molar-refractivity contribution in [1.82, 2.24) is 10.2 Å². The molecule has 2 N–H and O–H groups in total. The second-order valence-corrected chi connectivity index (χ2v) is 4.38. The van der Waals surface area contributed by atoms with Crippen molar-refractivity contribution in [2.75, 3.05) is 0 Å². The van der Waals surface area contributed by atoms with Gasteiger partial charge < -0.3 is 5.11 Å². The van der Waals surface area contributed by atoms with Crippen LogP contribution in [0.5, 0.6) is 0 Å². The number of fused-ring (bicyclic) bond motifs is 1. The zero-order valence-corrected chi connectivity index (χ0v) is 10.6. The van der Waals surface area contributed by atoms with Crippen LogP contribution in [-0.4, -0.2) is 21.3 Å². The second-order valence-electron chi connectivity index (χ2n) is 4.38. The molecule has 0 aliphatic rings. The van der Waals surface area contributed by atoms with Crippen LogP contribution in [0.15, 0.2) is 48.5 Å². The summed E-state index contributed by atoms with van der Waals surface area (Å²) in [7, 11) is 0. The van der Waals surface area contributed by atoms with Gasteiger partial charge in [0.05, 0.1) is 16.8 Å². The van der Waals surface area contributed by atoms with E-state index in [1.54, 1.807) is 24.3 Å². The van der Waals surface area contributed by atoms with Crippen molar-refractivity contribution in [1.29, 1.82) is 0 Å². The molecule has 0 aliphatic heterocycles. The molecule has 0 saturated heterocycles. The van der Waals surface area contributed by atoms with E-state index in [0.717, 1.165) is 16.6 Å². The van der Waals surface area contributed by atoms with Crippen LogP contribution in [0.4, 0.5) is 0 Å². The zero-order valence-electron chi connectivity index (χ0n) is 10.6. The Labute approximate surface area is 115 Å². The number of hydrogen-bond acceptors (Lipinski definition) is 2. The molecule has 0 amide bonds. The summed E-state index contributed by atoms with van der Waals surface area (Å²) in [6.07, 6.45) is 3.59. The minimum atomic E-state index is -0.933. The average molecular weight is 264 g/mol. The smallest absolute Gasteiger partial charge is 0.336 e. The number of H-pyrrole nitrogens is 1. The third kappa shape index (κ3) is 2.19. The first-order valence-corrected chi connectivity index (χ1v) is 6.19. The molecule has 3 aromatic rings. The lowest BCUT2D eigenvalue weighted by molar-refractivity contribution is 0.0696. The molecular weight excluding hydrogens is 252 g/mol. The molecule has 20 heavy (non-hydrogen) atoms. The molecule has 0 radical (unpaired) electrons. The van der Waals surface area contributed by atoms with Crippen molar-refractivity contribution in [3.8, 4) is 0 Å². The third-order valence-electron chi connectivity index (χ3n) is 3.11. The van der Waals surface area contributed by atoms with Crippen LogP contribution >= 0.6 is 0 Å². The topological polar surface area (TPSA) is 66.0 Å². The Kier molecular flexibility index (Phi) is 3.05. The van der Waals surface area contributed by atoms with Gasteiger partial charge in [-0.15, -0.1) is 0 Å². The van der Waals surface area contributed by atoms with Crippen LogP contribution in [0.2, 0.25) is 0 Å². The fourth-order valence-electron chi connectivity index (χ4n) is 2.12. The Morgan fingerprint density at radius 1 is 1.05 bits per heavy atom. The van der Waals surface area contributed by atoms with Gasteiger partial charge in [0.25, 0.3) is 0 Å². The number of aromatic amines is 1. The normalized spacial score (nSPS) is 11.2. The highest BCUT2D eigenvalue weighted by atomic mass is 16.4. The molecule has 98 valence electrons. The summed E-state index contributed by atoms with van der Waals surface area (Å²) in [4.78, 5) is 11.1. The SMILES string of the molecule is O=C(O)c1ccccc1C=Cc1n[nH]c2ccccc12. The van der Waals surface area contributed by atoms with Crippen molar-refractivity contribution in [3.63, 3.8) is 0 Å². The van der Waals surface area contributed by atoms with Gasteiger partial charge in [0, 0.05) is 5.39 Å². The zero-order chi connectivity index (χ0) is 13.9. The summed E-state index contributed by atoms with van der Waals surface area (Å²) in [6, 6.07) is 14.7. The van der Waals surface area contributed by atoms with Gasteiger partial charge in [-0.2, -0.15) is 5.10 Å². The van der Waals surface area contributed by atoms with Crippen molar-refractivity contribution >= 4 is 29.0 Å². The van der Waals surface area contributed by atoms with Gasteiger partial charge in [-0.3, -0.25) is 5.10 Å². The molecule has 0 fully saturated rings. The van der Waals surface area contributed by atoms with Crippen molar-refractivity contribution in [2.24, 2.45) is 0 Å². The number of carboxylic acid groups (broad SMARTS) is 1. The largest absolute Gasteiger partial charge is 0.478 e. The molecule has 0 spiro atoms. The van der Waals surface area contributed by atoms with Crippen LogP contribution in [0, 0.1) is 0 Å². The number of nitrogens with zero attached hydrogens (tertiary/aromatic N) is 1. The maximum Gasteiger partial charge on any atom is 0.336 e. The Hall–Kier alpha value is -2.88. The molecule has 0 aliphatic carbocycles. The summed E-state index contributed by atoms with van der Waals surface area (Å²) in [6.45, 7) is 0. The van der Waals surface area contributed by atoms with E-state index >= 15 is 0 Å². The number of aromatic nitrogens is 2. The van der Waals surface area contributed by atoms with Crippen LogP contribution in [0.25, 0.3) is 23.1 Å². The highest BCUT2D eigenvalue weighted by molar-refractivity contribution is 5.95. The lowest BCUT2D eigenvalue weighted by Crippen LogP contribution is -1.98. The number of carbonyl (C=O) groups is 1.